The van der Waals surface area contributed by atoms with Crippen LogP contribution >= 0.6 is 0 Å². The number of benzene rings is 16. The van der Waals surface area contributed by atoms with Crippen molar-refractivity contribution in [2.75, 3.05) is 0 Å². The minimum Gasteiger partial charge on any atom is -0.201 e. The molecule has 0 N–H and O–H groups in total. The molecule has 16 aromatic rings. The van der Waals surface area contributed by atoms with E-state index in [-0.39, 0.29) is 0 Å². The lowest BCUT2D eigenvalue weighted by atomic mass is 10.1. The molecule has 0 unspecified atom stereocenters. The van der Waals surface area contributed by atoms with Gasteiger partial charge in [-0.15, -0.1) is 0 Å². The minimum atomic E-state index is -3.24. The van der Waals surface area contributed by atoms with Gasteiger partial charge in [-0.3, -0.25) is 0 Å². The van der Waals surface area contributed by atoms with E-state index in [0.717, 1.165) is 0 Å². The van der Waals surface area contributed by atoms with Crippen LogP contribution in [0.25, 0.3) is 89.0 Å². The lowest BCUT2D eigenvalue weighted by molar-refractivity contribution is 0.492. The van der Waals surface area contributed by atoms with Crippen molar-refractivity contribution in [1.82, 2.24) is 0 Å². The summed E-state index contributed by atoms with van der Waals surface area (Å²) in [5.74, 6) is 0. The van der Waals surface area contributed by atoms with Crippen LogP contribution in [0.4, 0.5) is 0 Å². The van der Waals surface area contributed by atoms with Crippen molar-refractivity contribution < 1.29 is 49.3 Å². The maximum atomic E-state index is 9.24. The van der Waals surface area contributed by atoms with Gasteiger partial charge in [0.15, 0.2) is 0 Å². The zero-order valence-electron chi connectivity index (χ0n) is 61.3. The van der Waals surface area contributed by atoms with Gasteiger partial charge < -0.3 is 0 Å². The predicted molar refractivity (Wildman–Crippen MR) is 467 cm³/mol. The summed E-state index contributed by atoms with van der Waals surface area (Å²) in [4.78, 5) is 0. The van der Waals surface area contributed by atoms with Gasteiger partial charge in [0.05, 0.1) is 0 Å². The van der Waals surface area contributed by atoms with Crippen molar-refractivity contribution >= 4 is 55.5 Å². The molecule has 0 saturated carbocycles. The number of thiol groups is 4. The molecule has 0 aliphatic carbocycles. The van der Waals surface area contributed by atoms with E-state index in [1.165, 1.54) is 89.0 Å². The molecule has 0 fully saturated rings. The fourth-order valence-electron chi connectivity index (χ4n) is 10.2. The maximum absolute atomic E-state index is 9.24. The van der Waals surface area contributed by atoms with Gasteiger partial charge in [-0.2, -0.15) is 15.7 Å². The molecule has 0 spiro atoms. The van der Waals surface area contributed by atoms with Crippen LogP contribution in [-0.4, -0.2) is 42.1 Å². The third-order valence-corrected chi connectivity index (χ3v) is 17.4. The first kappa shape index (κ1) is 89.0. The standard InChI is InChI=1S/8C12H10.2H2O5S2.O2S/c8*1-3-7-11(8-4-1)12-9-5-2-6-10-12;2*1-6(2)5-7(3)4;1-3-2/h8*1-10H;2*6-7H;. The maximum Gasteiger partial charge on any atom is 0.335 e. The first-order valence-corrected chi connectivity index (χ1v) is 40.1. The number of hydrogen-bond donors (Lipinski definition) is 4. The molecule has 0 heterocycles. The smallest absolute Gasteiger partial charge is 0.201 e. The molecular weight excluding hydrogens is 1510 g/mol. The summed E-state index contributed by atoms with van der Waals surface area (Å²) >= 11 is -0.750. The monoisotopic (exact) mass is 1590 g/mol. The molecule has 0 amide bonds. The highest BCUT2D eigenvalue weighted by atomic mass is 32.3. The largest absolute Gasteiger partial charge is 0.335 e. The van der Waals surface area contributed by atoms with Gasteiger partial charge >= 0.3 is 11.6 Å². The lowest BCUT2D eigenvalue weighted by Gasteiger charge is -1.98. The van der Waals surface area contributed by atoms with Gasteiger partial charge in [0.25, 0.3) is 43.9 Å². The molecule has 0 bridgehead atoms. The van der Waals surface area contributed by atoms with E-state index in [1.54, 1.807) is 0 Å². The summed E-state index contributed by atoms with van der Waals surface area (Å²) in [6, 6.07) is 166. The van der Waals surface area contributed by atoms with E-state index in [0.29, 0.717) is 0 Å². The van der Waals surface area contributed by atoms with Gasteiger partial charge in [0, 0.05) is 0 Å². The Hall–Kier alpha value is -12.9. The van der Waals surface area contributed by atoms with Crippen molar-refractivity contribution in [1.29, 1.82) is 0 Å². The Morgan fingerprint density at radius 3 is 0.212 bits per heavy atom. The summed E-state index contributed by atoms with van der Waals surface area (Å²) in [5, 5.41) is 0. The second-order valence-corrected chi connectivity index (χ2v) is 26.2. The SMILES string of the molecule is O=S=O.O=[SH](=O)O[SH](=O)=O.O=[SH](=O)O[SH](=O)=O.c1ccc(-c2ccccc2)cc1.c1ccc(-c2ccccc2)cc1.c1ccc(-c2ccccc2)cc1.c1ccc(-c2ccccc2)cc1.c1ccc(-c2ccccc2)cc1.c1ccc(-c2ccccc2)cc1.c1ccc(-c2ccccc2)cc1.c1ccc(-c2ccccc2)cc1. The summed E-state index contributed by atoms with van der Waals surface area (Å²) in [6.07, 6.45) is 0. The van der Waals surface area contributed by atoms with Gasteiger partial charge in [0.2, 0.25) is 0 Å². The van der Waals surface area contributed by atoms with Crippen LogP contribution in [-0.2, 0) is 62.8 Å². The van der Waals surface area contributed by atoms with Crippen LogP contribution in [0.3, 0.4) is 0 Å². The molecule has 0 aliphatic heterocycles. The topological polar surface area (TPSA) is 189 Å². The normalized spacial score (nSPS) is 9.63. The average molecular weight is 1590 g/mol. The Labute approximate surface area is 674 Å². The molecule has 12 nitrogen and oxygen atoms in total. The second-order valence-electron chi connectivity index (χ2n) is 23.0. The van der Waals surface area contributed by atoms with Gasteiger partial charge in [-0.25, -0.2) is 33.7 Å². The van der Waals surface area contributed by atoms with Crippen LogP contribution in [0, 0.1) is 0 Å². The zero-order chi connectivity index (χ0) is 80.2. The molecule has 0 radical (unpaired) electrons. The Kier molecular flexibility index (Phi) is 44.3. The summed E-state index contributed by atoms with van der Waals surface area (Å²) < 4.78 is 96.8. The fraction of sp³-hybridized carbons (Fsp3) is 0. The Bertz CT molecular complexity index is 4140. The van der Waals surface area contributed by atoms with Gasteiger partial charge in [-0.1, -0.05) is 485 Å². The van der Waals surface area contributed by atoms with Crippen molar-refractivity contribution in [3.8, 4) is 89.0 Å². The van der Waals surface area contributed by atoms with E-state index in [9.17, 15) is 33.7 Å². The molecule has 16 aromatic carbocycles. The fourth-order valence-corrected chi connectivity index (χ4v) is 11.1. The minimum absolute atomic E-state index is 0.750. The molecule has 0 aliphatic rings. The van der Waals surface area contributed by atoms with Crippen LogP contribution in [0.1, 0.15) is 0 Å². The summed E-state index contributed by atoms with van der Waals surface area (Å²) in [7, 11) is -12.9. The molecule has 113 heavy (non-hydrogen) atoms. The third-order valence-electron chi connectivity index (χ3n) is 15.3. The highest BCUT2D eigenvalue weighted by molar-refractivity contribution is 7.81. The Morgan fingerprint density at radius 2 is 0.177 bits per heavy atom. The van der Waals surface area contributed by atoms with Gasteiger partial charge in [0.1, 0.15) is 0 Å². The second kappa shape index (κ2) is 56.3. The van der Waals surface area contributed by atoms with Crippen molar-refractivity contribution in [3.63, 3.8) is 0 Å². The molecule has 0 aromatic heterocycles. The zero-order valence-corrected chi connectivity index (χ0v) is 65.7. The summed E-state index contributed by atoms with van der Waals surface area (Å²) in [6.45, 7) is 0. The Morgan fingerprint density at radius 1 is 0.124 bits per heavy atom. The van der Waals surface area contributed by atoms with Crippen LogP contribution in [0.15, 0.2) is 485 Å². The highest BCUT2D eigenvalue weighted by Crippen LogP contribution is 2.24. The van der Waals surface area contributed by atoms with E-state index in [2.05, 4.69) is 396 Å². The summed E-state index contributed by atoms with van der Waals surface area (Å²) in [5.41, 5.74) is 20.4. The first-order chi connectivity index (χ1) is 55.4. The highest BCUT2D eigenvalue weighted by Gasteiger charge is 1.99. The first-order valence-electron chi connectivity index (χ1n) is 35.1. The van der Waals surface area contributed by atoms with E-state index in [1.807, 2.05) is 97.1 Å². The number of hydrogen-bond acceptors (Lipinski definition) is 12. The lowest BCUT2D eigenvalue weighted by Crippen LogP contribution is -1.82. The Balaban J connectivity index is 0.000000196. The molecule has 0 atom stereocenters. The third kappa shape index (κ3) is 38.8. The van der Waals surface area contributed by atoms with Crippen LogP contribution in [0.5, 0.6) is 0 Å². The van der Waals surface area contributed by atoms with Crippen molar-refractivity contribution in [3.05, 3.63) is 485 Å². The van der Waals surface area contributed by atoms with Gasteiger partial charge in [-0.05, 0) is 89.0 Å². The molecule has 17 heteroatoms. The van der Waals surface area contributed by atoms with Crippen molar-refractivity contribution in [2.24, 2.45) is 0 Å². The average Bonchev–Trinajstić information content (AvgIpc) is 0.959. The van der Waals surface area contributed by atoms with E-state index < -0.39 is 55.5 Å². The molecular formula is C96H84O12S5. The van der Waals surface area contributed by atoms with Crippen LogP contribution in [0.2, 0.25) is 0 Å². The van der Waals surface area contributed by atoms with E-state index >= 15 is 0 Å². The van der Waals surface area contributed by atoms with Crippen molar-refractivity contribution in [2.45, 2.75) is 0 Å². The van der Waals surface area contributed by atoms with Crippen LogP contribution < -0.4 is 0 Å². The molecule has 0 saturated heterocycles. The molecule has 16 rings (SSSR count). The predicted octanol–water partition coefficient (Wildman–Crippen LogP) is 22.3. The number of rotatable bonds is 12. The van der Waals surface area contributed by atoms with E-state index in [4.69, 9.17) is 8.42 Å². The molecule has 570 valence electrons. The quantitative estimate of drug-likeness (QED) is 0.0849.